The molecule has 0 atom stereocenters. The summed E-state index contributed by atoms with van der Waals surface area (Å²) in [4.78, 5) is 18.0. The number of hydrogen-bond acceptors (Lipinski definition) is 4. The average Bonchev–Trinajstić information content (AvgIpc) is 2.48. The fourth-order valence-electron chi connectivity index (χ4n) is 1.09. The lowest BCUT2D eigenvalue weighted by molar-refractivity contribution is -0.390. The minimum absolute atomic E-state index is 0.0896. The molecule has 0 aliphatic carbocycles. The molecule has 0 unspecified atom stereocenters. The highest BCUT2D eigenvalue weighted by molar-refractivity contribution is 9.10. The Morgan fingerprint density at radius 2 is 2.36 bits per heavy atom. The van der Waals surface area contributed by atoms with E-state index < -0.39 is 4.92 Å². The monoisotopic (exact) mass is 256 g/mol. The molecule has 0 saturated carbocycles. The van der Waals surface area contributed by atoms with Gasteiger partial charge in [0.1, 0.15) is 12.4 Å². The summed E-state index contributed by atoms with van der Waals surface area (Å²) in [6.45, 7) is 1.80. The van der Waals surface area contributed by atoms with Crippen molar-refractivity contribution in [2.45, 2.75) is 6.92 Å². The summed E-state index contributed by atoms with van der Waals surface area (Å²) >= 11 is 3.25. The third kappa shape index (κ3) is 1.25. The predicted molar refractivity (Wildman–Crippen MR) is 52.1 cm³/mol. The summed E-state index contributed by atoms with van der Waals surface area (Å²) in [5.41, 5.74) is 0.748. The lowest BCUT2D eigenvalue weighted by atomic mass is 10.5. The number of halogens is 1. The van der Waals surface area contributed by atoms with E-state index in [-0.39, 0.29) is 5.82 Å². The second-order valence-electron chi connectivity index (χ2n) is 2.72. The molecule has 0 fully saturated rings. The normalized spacial score (nSPS) is 10.7. The Bertz CT molecular complexity index is 522. The van der Waals surface area contributed by atoms with E-state index in [4.69, 9.17) is 0 Å². The summed E-state index contributed by atoms with van der Waals surface area (Å²) in [7, 11) is 0. The summed E-state index contributed by atoms with van der Waals surface area (Å²) < 4.78 is 2.04. The molecule has 0 bridgehead atoms. The minimum atomic E-state index is -0.497. The van der Waals surface area contributed by atoms with Crippen molar-refractivity contribution in [3.05, 3.63) is 32.7 Å². The SMILES string of the molecule is Cc1nc2ncc([N+](=O)[O-])n2cc1Br. The van der Waals surface area contributed by atoms with E-state index in [1.54, 1.807) is 13.1 Å². The molecule has 0 aliphatic rings. The van der Waals surface area contributed by atoms with Crippen molar-refractivity contribution in [3.8, 4) is 0 Å². The molecule has 72 valence electrons. The van der Waals surface area contributed by atoms with Gasteiger partial charge in [0.25, 0.3) is 0 Å². The molecular formula is C7H5BrN4O2. The van der Waals surface area contributed by atoms with Crippen molar-refractivity contribution in [2.75, 3.05) is 0 Å². The Morgan fingerprint density at radius 1 is 1.64 bits per heavy atom. The number of aryl methyl sites for hydroxylation is 1. The van der Waals surface area contributed by atoms with Crippen LogP contribution in [0.1, 0.15) is 5.69 Å². The number of fused-ring (bicyclic) bond motifs is 1. The van der Waals surface area contributed by atoms with Crippen LogP contribution in [0.2, 0.25) is 0 Å². The van der Waals surface area contributed by atoms with Gasteiger partial charge >= 0.3 is 11.6 Å². The van der Waals surface area contributed by atoms with Gasteiger partial charge in [-0.25, -0.2) is 0 Å². The van der Waals surface area contributed by atoms with Crippen molar-refractivity contribution >= 4 is 27.5 Å². The summed E-state index contributed by atoms with van der Waals surface area (Å²) in [5.74, 6) is 0.241. The van der Waals surface area contributed by atoms with E-state index in [0.717, 1.165) is 5.69 Å². The molecule has 2 heterocycles. The maximum absolute atomic E-state index is 10.6. The smallest absolute Gasteiger partial charge is 0.349 e. The van der Waals surface area contributed by atoms with E-state index in [0.29, 0.717) is 10.3 Å². The van der Waals surface area contributed by atoms with Gasteiger partial charge in [-0.3, -0.25) is 0 Å². The van der Waals surface area contributed by atoms with Crippen molar-refractivity contribution in [1.82, 2.24) is 14.4 Å². The molecule has 0 aromatic carbocycles. The molecule has 7 heteroatoms. The van der Waals surface area contributed by atoms with Crippen LogP contribution in [0, 0.1) is 17.0 Å². The highest BCUT2D eigenvalue weighted by Gasteiger charge is 2.15. The molecule has 2 aromatic heterocycles. The summed E-state index contributed by atoms with van der Waals surface area (Å²) in [6, 6.07) is 0. The minimum Gasteiger partial charge on any atom is -0.358 e. The fraction of sp³-hybridized carbons (Fsp3) is 0.143. The average molecular weight is 257 g/mol. The summed E-state index contributed by atoms with van der Waals surface area (Å²) in [5, 5.41) is 10.6. The lowest BCUT2D eigenvalue weighted by Crippen LogP contribution is -1.97. The van der Waals surface area contributed by atoms with Gasteiger partial charge in [0, 0.05) is 0 Å². The van der Waals surface area contributed by atoms with E-state index in [9.17, 15) is 10.1 Å². The topological polar surface area (TPSA) is 73.3 Å². The maximum atomic E-state index is 10.6. The van der Waals surface area contributed by atoms with E-state index in [1.807, 2.05) is 0 Å². The van der Waals surface area contributed by atoms with E-state index in [1.165, 1.54) is 10.6 Å². The molecular weight excluding hydrogens is 252 g/mol. The van der Waals surface area contributed by atoms with Crippen LogP contribution in [0.5, 0.6) is 0 Å². The van der Waals surface area contributed by atoms with Gasteiger partial charge in [-0.1, -0.05) is 0 Å². The standard InChI is InChI=1S/C7H5BrN4O2/c1-4-5(8)3-11-6(12(13)14)2-9-7(11)10-4/h2-3H,1H3. The second kappa shape index (κ2) is 3.02. The number of imidazole rings is 1. The van der Waals surface area contributed by atoms with Crippen LogP contribution >= 0.6 is 15.9 Å². The predicted octanol–water partition coefficient (Wildman–Crippen LogP) is 1.71. The zero-order valence-corrected chi connectivity index (χ0v) is 8.72. The Balaban J connectivity index is 2.80. The molecule has 0 N–H and O–H groups in total. The number of nitrogens with zero attached hydrogens (tertiary/aromatic N) is 4. The third-order valence-corrected chi connectivity index (χ3v) is 2.58. The highest BCUT2D eigenvalue weighted by atomic mass is 79.9. The Hall–Kier alpha value is -1.50. The van der Waals surface area contributed by atoms with Crippen LogP contribution in [0.15, 0.2) is 16.9 Å². The first-order chi connectivity index (χ1) is 6.59. The molecule has 0 radical (unpaired) electrons. The van der Waals surface area contributed by atoms with Crippen molar-refractivity contribution in [2.24, 2.45) is 0 Å². The maximum Gasteiger partial charge on any atom is 0.349 e. The van der Waals surface area contributed by atoms with E-state index >= 15 is 0 Å². The van der Waals surface area contributed by atoms with Gasteiger partial charge in [-0.2, -0.15) is 14.4 Å². The molecule has 2 aromatic rings. The van der Waals surface area contributed by atoms with Crippen LogP contribution in [0.3, 0.4) is 0 Å². The van der Waals surface area contributed by atoms with Crippen LogP contribution in [0.25, 0.3) is 5.78 Å². The van der Waals surface area contributed by atoms with E-state index in [2.05, 4.69) is 25.9 Å². The van der Waals surface area contributed by atoms with Gasteiger partial charge in [0.05, 0.1) is 10.2 Å². The fourth-order valence-corrected chi connectivity index (χ4v) is 1.39. The van der Waals surface area contributed by atoms with Gasteiger partial charge < -0.3 is 10.1 Å². The lowest BCUT2D eigenvalue weighted by Gasteiger charge is -1.95. The van der Waals surface area contributed by atoms with Gasteiger partial charge in [0.2, 0.25) is 0 Å². The molecule has 2 rings (SSSR count). The molecule has 6 nitrogen and oxygen atoms in total. The number of aromatic nitrogens is 3. The van der Waals surface area contributed by atoms with Gasteiger partial charge in [-0.05, 0) is 27.8 Å². The molecule has 0 spiro atoms. The van der Waals surface area contributed by atoms with Gasteiger partial charge in [-0.15, -0.1) is 0 Å². The molecule has 14 heavy (non-hydrogen) atoms. The zero-order chi connectivity index (χ0) is 10.3. The number of hydrogen-bond donors (Lipinski definition) is 0. The number of nitro groups is 1. The van der Waals surface area contributed by atoms with Crippen molar-refractivity contribution < 1.29 is 4.92 Å². The first-order valence-electron chi connectivity index (χ1n) is 3.74. The summed E-state index contributed by atoms with van der Waals surface area (Å²) in [6.07, 6.45) is 2.77. The molecule has 0 saturated heterocycles. The molecule has 0 aliphatic heterocycles. The Labute approximate surface area is 86.9 Å². The molecule has 0 amide bonds. The van der Waals surface area contributed by atoms with Crippen molar-refractivity contribution in [1.29, 1.82) is 0 Å². The highest BCUT2D eigenvalue weighted by Crippen LogP contribution is 2.18. The van der Waals surface area contributed by atoms with Crippen LogP contribution in [-0.4, -0.2) is 19.3 Å². The Morgan fingerprint density at radius 3 is 3.00 bits per heavy atom. The largest absolute Gasteiger partial charge is 0.358 e. The first kappa shape index (κ1) is 9.07. The quantitative estimate of drug-likeness (QED) is 0.575. The van der Waals surface area contributed by atoms with Crippen molar-refractivity contribution in [3.63, 3.8) is 0 Å². The second-order valence-corrected chi connectivity index (χ2v) is 3.57. The van der Waals surface area contributed by atoms with Crippen LogP contribution in [-0.2, 0) is 0 Å². The third-order valence-electron chi connectivity index (χ3n) is 1.80. The van der Waals surface area contributed by atoms with Gasteiger partial charge in [0.15, 0.2) is 0 Å². The number of rotatable bonds is 1. The zero-order valence-electron chi connectivity index (χ0n) is 7.14. The first-order valence-corrected chi connectivity index (χ1v) is 4.53. The van der Waals surface area contributed by atoms with Crippen LogP contribution in [0.4, 0.5) is 5.82 Å². The van der Waals surface area contributed by atoms with Crippen LogP contribution < -0.4 is 0 Å². The Kier molecular flexibility index (Phi) is 1.95.